The Hall–Kier alpha value is -0.650. The third kappa shape index (κ3) is 3.32. The first-order valence-corrected chi connectivity index (χ1v) is 8.43. The van der Waals surface area contributed by atoms with Crippen molar-refractivity contribution in [2.45, 2.75) is 25.3 Å². The summed E-state index contributed by atoms with van der Waals surface area (Å²) in [6, 6.07) is 6.75. The molecule has 1 N–H and O–H groups in total. The van der Waals surface area contributed by atoms with E-state index in [9.17, 15) is 0 Å². The Morgan fingerprint density at radius 1 is 1.30 bits per heavy atom. The lowest BCUT2D eigenvalue weighted by Crippen LogP contribution is -2.19. The van der Waals surface area contributed by atoms with Crippen molar-refractivity contribution in [3.63, 3.8) is 0 Å². The Morgan fingerprint density at radius 3 is 2.95 bits per heavy atom. The topological polar surface area (TPSA) is 34.1 Å². The minimum atomic E-state index is 0.700. The zero-order valence-corrected chi connectivity index (χ0v) is 14.2. The first kappa shape index (κ1) is 14.3. The fraction of sp³-hybridized carbons (Fsp3) is 0.400. The summed E-state index contributed by atoms with van der Waals surface area (Å²) in [5.74, 6) is 0.829. The van der Waals surface area contributed by atoms with E-state index in [2.05, 4.69) is 42.2 Å². The third-order valence-electron chi connectivity index (χ3n) is 3.33. The van der Waals surface area contributed by atoms with Crippen LogP contribution in [0.1, 0.15) is 19.3 Å². The molecule has 1 saturated carbocycles. The maximum atomic E-state index is 5.94. The number of pyridine rings is 1. The van der Waals surface area contributed by atoms with Crippen LogP contribution in [0, 0.1) is 0 Å². The summed E-state index contributed by atoms with van der Waals surface area (Å²) in [6.07, 6.45) is 5.46. The second kappa shape index (κ2) is 6.41. The number of ether oxygens (including phenoxy) is 1. The molecule has 0 unspecified atom stereocenters. The van der Waals surface area contributed by atoms with Gasteiger partial charge in [-0.3, -0.25) is 4.98 Å². The summed E-state index contributed by atoms with van der Waals surface area (Å²) < 4.78 is 7.90. The van der Waals surface area contributed by atoms with Gasteiger partial charge in [0.15, 0.2) is 5.75 Å². The molecular weight excluding hydrogens is 384 g/mol. The molecule has 0 radical (unpaired) electrons. The highest BCUT2D eigenvalue weighted by Crippen LogP contribution is 2.37. The van der Waals surface area contributed by atoms with Gasteiger partial charge >= 0.3 is 0 Å². The molecule has 1 aromatic carbocycles. The van der Waals surface area contributed by atoms with Crippen molar-refractivity contribution >= 4 is 42.8 Å². The Bertz CT molecular complexity index is 614. The average molecular weight is 400 g/mol. The first-order chi connectivity index (χ1) is 9.75. The van der Waals surface area contributed by atoms with Crippen LogP contribution in [0.25, 0.3) is 10.9 Å². The molecule has 3 rings (SSSR count). The van der Waals surface area contributed by atoms with Gasteiger partial charge in [-0.05, 0) is 53.9 Å². The van der Waals surface area contributed by atoms with Gasteiger partial charge in [0.05, 0.1) is 11.1 Å². The highest BCUT2D eigenvalue weighted by Gasteiger charge is 2.19. The number of fused-ring (bicyclic) bond motifs is 1. The largest absolute Gasteiger partial charge is 0.490 e. The zero-order chi connectivity index (χ0) is 13.9. The van der Waals surface area contributed by atoms with E-state index in [1.807, 2.05) is 18.2 Å². The van der Waals surface area contributed by atoms with Crippen LogP contribution in [0.15, 0.2) is 33.3 Å². The van der Waals surface area contributed by atoms with Gasteiger partial charge in [0.1, 0.15) is 5.52 Å². The third-order valence-corrected chi connectivity index (χ3v) is 4.57. The van der Waals surface area contributed by atoms with E-state index >= 15 is 0 Å². The Kier molecular flexibility index (Phi) is 4.58. The Labute approximate surface area is 135 Å². The van der Waals surface area contributed by atoms with Crippen LogP contribution in [0.5, 0.6) is 5.75 Å². The van der Waals surface area contributed by atoms with Gasteiger partial charge in [-0.15, -0.1) is 0 Å². The molecule has 0 saturated heterocycles. The van der Waals surface area contributed by atoms with Crippen molar-refractivity contribution < 1.29 is 4.74 Å². The van der Waals surface area contributed by atoms with Crippen LogP contribution in [-0.2, 0) is 0 Å². The van der Waals surface area contributed by atoms with E-state index in [0.717, 1.165) is 44.6 Å². The Balaban J connectivity index is 1.69. The number of nitrogens with zero attached hydrogens (tertiary/aromatic N) is 1. The molecule has 106 valence electrons. The van der Waals surface area contributed by atoms with Gasteiger partial charge in [0.2, 0.25) is 0 Å². The van der Waals surface area contributed by atoms with Crippen molar-refractivity contribution in [2.75, 3.05) is 13.2 Å². The van der Waals surface area contributed by atoms with E-state index in [-0.39, 0.29) is 0 Å². The van der Waals surface area contributed by atoms with Crippen LogP contribution >= 0.6 is 31.9 Å². The fourth-order valence-corrected chi connectivity index (χ4v) is 3.51. The lowest BCUT2D eigenvalue weighted by Gasteiger charge is -2.12. The monoisotopic (exact) mass is 398 g/mol. The lowest BCUT2D eigenvalue weighted by molar-refractivity contribution is 0.309. The highest BCUT2D eigenvalue weighted by molar-refractivity contribution is 9.11. The first-order valence-electron chi connectivity index (χ1n) is 6.84. The van der Waals surface area contributed by atoms with E-state index in [0.29, 0.717) is 6.61 Å². The Morgan fingerprint density at radius 2 is 2.15 bits per heavy atom. The molecule has 5 heteroatoms. The smallest absolute Gasteiger partial charge is 0.159 e. The number of nitrogens with one attached hydrogen (secondary N) is 1. The van der Waals surface area contributed by atoms with Gasteiger partial charge in [0, 0.05) is 22.1 Å². The second-order valence-electron chi connectivity index (χ2n) is 5.00. The molecule has 0 bridgehead atoms. The molecule has 2 aromatic rings. The average Bonchev–Trinajstić information content (AvgIpc) is 3.26. The van der Waals surface area contributed by atoms with Crippen LogP contribution in [0.4, 0.5) is 0 Å². The number of hydrogen-bond donors (Lipinski definition) is 1. The normalized spacial score (nSPS) is 14.7. The minimum absolute atomic E-state index is 0.700. The van der Waals surface area contributed by atoms with E-state index < -0.39 is 0 Å². The van der Waals surface area contributed by atoms with Gasteiger partial charge in [-0.25, -0.2) is 0 Å². The summed E-state index contributed by atoms with van der Waals surface area (Å²) >= 11 is 7.12. The van der Waals surface area contributed by atoms with Crippen LogP contribution < -0.4 is 10.1 Å². The molecule has 1 heterocycles. The predicted octanol–water partition coefficient (Wildman–Crippen LogP) is 4.28. The van der Waals surface area contributed by atoms with Crippen molar-refractivity contribution in [3.05, 3.63) is 33.3 Å². The summed E-state index contributed by atoms with van der Waals surface area (Å²) in [5, 5.41) is 4.56. The summed E-state index contributed by atoms with van der Waals surface area (Å²) in [5.41, 5.74) is 0.893. The SMILES string of the molecule is Brc1cc(Br)c2cccnc2c1OCCCNC1CC1. The molecule has 0 aliphatic heterocycles. The van der Waals surface area contributed by atoms with Gasteiger partial charge in [-0.2, -0.15) is 0 Å². The molecule has 1 aliphatic carbocycles. The molecule has 20 heavy (non-hydrogen) atoms. The molecular formula is C15H16Br2N2O. The van der Waals surface area contributed by atoms with Crippen molar-refractivity contribution in [2.24, 2.45) is 0 Å². The molecule has 3 nitrogen and oxygen atoms in total. The lowest BCUT2D eigenvalue weighted by atomic mass is 10.2. The molecule has 0 amide bonds. The van der Waals surface area contributed by atoms with Crippen LogP contribution in [-0.4, -0.2) is 24.2 Å². The number of hydrogen-bond acceptors (Lipinski definition) is 3. The second-order valence-corrected chi connectivity index (χ2v) is 6.71. The zero-order valence-electron chi connectivity index (χ0n) is 11.0. The summed E-state index contributed by atoms with van der Waals surface area (Å²) in [4.78, 5) is 4.44. The van der Waals surface area contributed by atoms with E-state index in [1.165, 1.54) is 12.8 Å². The molecule has 1 aromatic heterocycles. The summed E-state index contributed by atoms with van der Waals surface area (Å²) in [6.45, 7) is 1.72. The van der Waals surface area contributed by atoms with Crippen molar-refractivity contribution in [1.29, 1.82) is 0 Å². The number of benzene rings is 1. The van der Waals surface area contributed by atoms with E-state index in [1.54, 1.807) is 6.20 Å². The van der Waals surface area contributed by atoms with Gasteiger partial charge in [-0.1, -0.05) is 22.0 Å². The maximum absolute atomic E-state index is 5.94. The number of aromatic nitrogens is 1. The van der Waals surface area contributed by atoms with Gasteiger partial charge in [0.25, 0.3) is 0 Å². The standard InChI is InChI=1S/C15H16Br2N2O/c16-12-9-13(17)15(14-11(12)3-1-6-19-14)20-8-2-7-18-10-4-5-10/h1,3,6,9-10,18H,2,4-5,7-8H2. The fourth-order valence-electron chi connectivity index (χ4n) is 2.12. The van der Waals surface area contributed by atoms with E-state index in [4.69, 9.17) is 4.74 Å². The molecule has 0 atom stereocenters. The van der Waals surface area contributed by atoms with Gasteiger partial charge < -0.3 is 10.1 Å². The highest BCUT2D eigenvalue weighted by atomic mass is 79.9. The molecule has 1 fully saturated rings. The summed E-state index contributed by atoms with van der Waals surface area (Å²) in [7, 11) is 0. The van der Waals surface area contributed by atoms with Crippen LogP contribution in [0.2, 0.25) is 0 Å². The van der Waals surface area contributed by atoms with Crippen molar-refractivity contribution in [1.82, 2.24) is 10.3 Å². The van der Waals surface area contributed by atoms with Crippen LogP contribution in [0.3, 0.4) is 0 Å². The maximum Gasteiger partial charge on any atom is 0.159 e. The van der Waals surface area contributed by atoms with Crippen molar-refractivity contribution in [3.8, 4) is 5.75 Å². The predicted molar refractivity (Wildman–Crippen MR) is 88.3 cm³/mol. The number of halogens is 2. The number of rotatable bonds is 6. The molecule has 1 aliphatic rings. The quantitative estimate of drug-likeness (QED) is 0.736. The molecule has 0 spiro atoms. The minimum Gasteiger partial charge on any atom is -0.490 e.